The van der Waals surface area contributed by atoms with E-state index in [4.69, 9.17) is 9.47 Å². The first-order valence-corrected chi connectivity index (χ1v) is 13.3. The number of carbonyl (C=O) groups is 1. The summed E-state index contributed by atoms with van der Waals surface area (Å²) in [4.78, 5) is 26.0. The molecule has 9 nitrogen and oxygen atoms in total. The number of fused-ring (bicyclic) bond motifs is 1. The van der Waals surface area contributed by atoms with Gasteiger partial charge in [0.15, 0.2) is 0 Å². The molecule has 0 radical (unpaired) electrons. The van der Waals surface area contributed by atoms with Gasteiger partial charge in [-0.05, 0) is 55.9 Å². The molecule has 212 valence electrons. The van der Waals surface area contributed by atoms with Gasteiger partial charge in [0.2, 0.25) is 0 Å². The minimum Gasteiger partial charge on any atom is -0.406 e. The molecule has 2 saturated heterocycles. The highest BCUT2D eigenvalue weighted by Gasteiger charge is 2.33. The first-order valence-electron chi connectivity index (χ1n) is 13.3. The van der Waals surface area contributed by atoms with Crippen LogP contribution in [-0.4, -0.2) is 85.3 Å². The molecule has 39 heavy (non-hydrogen) atoms. The third-order valence-electron chi connectivity index (χ3n) is 7.82. The predicted molar refractivity (Wildman–Crippen MR) is 137 cm³/mol. The zero-order valence-corrected chi connectivity index (χ0v) is 22.2. The molecule has 4 heterocycles. The van der Waals surface area contributed by atoms with Gasteiger partial charge in [0.05, 0.1) is 12.7 Å². The maximum Gasteiger partial charge on any atom is 0.573 e. The van der Waals surface area contributed by atoms with Crippen molar-refractivity contribution >= 4 is 11.7 Å². The second kappa shape index (κ2) is 11.6. The summed E-state index contributed by atoms with van der Waals surface area (Å²) in [5, 5.41) is 3.70. The fraction of sp³-hybridized carbons (Fsp3) is 0.593. The summed E-state index contributed by atoms with van der Waals surface area (Å²) in [5.74, 6) is 0.238. The lowest BCUT2D eigenvalue weighted by Gasteiger charge is -2.38. The van der Waals surface area contributed by atoms with Gasteiger partial charge in [-0.3, -0.25) is 4.79 Å². The molecule has 0 bridgehead atoms. The molecule has 1 aromatic carbocycles. The van der Waals surface area contributed by atoms with Gasteiger partial charge in [0.25, 0.3) is 5.91 Å². The molecule has 2 unspecified atom stereocenters. The smallest absolute Gasteiger partial charge is 0.406 e. The molecule has 1 N–H and O–H groups in total. The molecule has 12 heteroatoms. The van der Waals surface area contributed by atoms with Crippen molar-refractivity contribution in [3.8, 4) is 5.75 Å². The molecule has 1 amide bonds. The average molecular weight is 550 g/mol. The van der Waals surface area contributed by atoms with E-state index in [1.807, 2.05) is 16.7 Å². The number of nitrogens with zero attached hydrogens (tertiary/aromatic N) is 4. The number of ether oxygens (including phenoxy) is 3. The summed E-state index contributed by atoms with van der Waals surface area (Å²) >= 11 is 0. The number of hydrogen-bond donors (Lipinski definition) is 1. The number of nitrogens with one attached hydrogen (secondary N) is 1. The standard InChI is InChI=1S/C27H34F3N5O4/c1-17-24(26(36)34-10-6-20(7-11-34)33-22-8-12-38-15-23(22)37-2)31-16-32-25(17)35-9-5-18-3-4-21(13-19(18)14-35)39-27(28,29)30/h3-4,13,16,20,22-23,33H,5-12,14-15H2,1-2H3. The van der Waals surface area contributed by atoms with Crippen molar-refractivity contribution in [1.82, 2.24) is 20.2 Å². The Labute approximate surface area is 225 Å². The van der Waals surface area contributed by atoms with Crippen molar-refractivity contribution in [3.05, 3.63) is 46.9 Å². The van der Waals surface area contributed by atoms with Crippen LogP contribution in [0.4, 0.5) is 19.0 Å². The number of aromatic nitrogens is 2. The highest BCUT2D eigenvalue weighted by molar-refractivity contribution is 5.94. The van der Waals surface area contributed by atoms with E-state index in [-0.39, 0.29) is 23.8 Å². The van der Waals surface area contributed by atoms with Crippen LogP contribution in [-0.2, 0) is 22.4 Å². The topological polar surface area (TPSA) is 89.1 Å². The molecule has 1 aromatic heterocycles. The van der Waals surface area contributed by atoms with Crippen LogP contribution in [0.3, 0.4) is 0 Å². The Morgan fingerprint density at radius 1 is 1.13 bits per heavy atom. The van der Waals surface area contributed by atoms with E-state index in [1.54, 1.807) is 13.2 Å². The molecule has 3 aliphatic heterocycles. The van der Waals surface area contributed by atoms with E-state index in [9.17, 15) is 18.0 Å². The zero-order chi connectivity index (χ0) is 27.6. The largest absolute Gasteiger partial charge is 0.573 e. The Balaban J connectivity index is 1.23. The number of likely N-dealkylation sites (tertiary alicyclic amines) is 1. The monoisotopic (exact) mass is 549 g/mol. The highest BCUT2D eigenvalue weighted by atomic mass is 19.4. The fourth-order valence-electron chi connectivity index (χ4n) is 5.72. The van der Waals surface area contributed by atoms with Gasteiger partial charge in [0.1, 0.15) is 23.6 Å². The maximum absolute atomic E-state index is 13.5. The predicted octanol–water partition coefficient (Wildman–Crippen LogP) is 3.24. The molecular weight excluding hydrogens is 515 g/mol. The van der Waals surface area contributed by atoms with Crippen LogP contribution in [0.15, 0.2) is 24.5 Å². The normalized spacial score (nSPS) is 22.5. The second-order valence-corrected chi connectivity index (χ2v) is 10.3. The molecule has 2 atom stereocenters. The number of carbonyl (C=O) groups excluding carboxylic acids is 1. The summed E-state index contributed by atoms with van der Waals surface area (Å²) < 4.78 is 53.3. The number of benzene rings is 1. The van der Waals surface area contributed by atoms with E-state index in [1.165, 1.54) is 18.5 Å². The van der Waals surface area contributed by atoms with Crippen LogP contribution in [0.25, 0.3) is 0 Å². The Kier molecular flexibility index (Phi) is 8.24. The number of hydrogen-bond acceptors (Lipinski definition) is 8. The van der Waals surface area contributed by atoms with Gasteiger partial charge in [-0.1, -0.05) is 6.07 Å². The lowest BCUT2D eigenvalue weighted by Crippen LogP contribution is -2.54. The Bertz CT molecular complexity index is 1170. The number of alkyl halides is 3. The van der Waals surface area contributed by atoms with E-state index in [2.05, 4.69) is 20.0 Å². The quantitative estimate of drug-likeness (QED) is 0.588. The van der Waals surface area contributed by atoms with Crippen LogP contribution in [0, 0.1) is 6.92 Å². The van der Waals surface area contributed by atoms with Crippen molar-refractivity contribution in [1.29, 1.82) is 0 Å². The number of methoxy groups -OCH3 is 1. The summed E-state index contributed by atoms with van der Waals surface area (Å²) in [6.07, 6.45) is -0.110. The van der Waals surface area contributed by atoms with E-state index in [0.717, 1.165) is 37.0 Å². The SMILES string of the molecule is COC1COCCC1NC1CCN(C(=O)c2ncnc(N3CCc4ccc(OC(F)(F)F)cc4C3)c2C)CC1. The number of halogens is 3. The summed E-state index contributed by atoms with van der Waals surface area (Å²) in [6.45, 7) is 5.36. The van der Waals surface area contributed by atoms with Gasteiger partial charge in [-0.2, -0.15) is 0 Å². The van der Waals surface area contributed by atoms with Crippen molar-refractivity contribution < 1.29 is 32.2 Å². The van der Waals surface area contributed by atoms with E-state index in [0.29, 0.717) is 62.3 Å². The van der Waals surface area contributed by atoms with Crippen LogP contribution in [0.5, 0.6) is 5.75 Å². The lowest BCUT2D eigenvalue weighted by molar-refractivity contribution is -0.274. The minimum absolute atomic E-state index is 0.0333. The average Bonchev–Trinajstić information content (AvgIpc) is 2.92. The van der Waals surface area contributed by atoms with Crippen molar-refractivity contribution in [2.75, 3.05) is 44.9 Å². The van der Waals surface area contributed by atoms with E-state index >= 15 is 0 Å². The number of amides is 1. The second-order valence-electron chi connectivity index (χ2n) is 10.3. The molecule has 3 aliphatic rings. The van der Waals surface area contributed by atoms with Crippen molar-refractivity contribution in [2.24, 2.45) is 0 Å². The van der Waals surface area contributed by atoms with Gasteiger partial charge in [0, 0.05) is 57.5 Å². The number of piperidine rings is 1. The van der Waals surface area contributed by atoms with Crippen LogP contribution in [0.1, 0.15) is 46.4 Å². The molecule has 0 aliphatic carbocycles. The van der Waals surface area contributed by atoms with Crippen molar-refractivity contribution in [2.45, 2.75) is 63.7 Å². The summed E-state index contributed by atoms with van der Waals surface area (Å²) in [5.41, 5.74) is 2.73. The lowest BCUT2D eigenvalue weighted by atomic mass is 9.98. The number of anilines is 1. The van der Waals surface area contributed by atoms with Crippen LogP contribution >= 0.6 is 0 Å². The molecule has 5 rings (SSSR count). The van der Waals surface area contributed by atoms with Gasteiger partial charge < -0.3 is 29.3 Å². The Morgan fingerprint density at radius 3 is 2.67 bits per heavy atom. The minimum atomic E-state index is -4.75. The fourth-order valence-corrected chi connectivity index (χ4v) is 5.72. The zero-order valence-electron chi connectivity index (χ0n) is 22.2. The maximum atomic E-state index is 13.5. The van der Waals surface area contributed by atoms with E-state index < -0.39 is 6.36 Å². The third kappa shape index (κ3) is 6.44. The van der Waals surface area contributed by atoms with Crippen molar-refractivity contribution in [3.63, 3.8) is 0 Å². The van der Waals surface area contributed by atoms with Gasteiger partial charge in [-0.15, -0.1) is 13.2 Å². The molecular formula is C27H34F3N5O4. The Morgan fingerprint density at radius 2 is 1.92 bits per heavy atom. The highest BCUT2D eigenvalue weighted by Crippen LogP contribution is 2.31. The molecule has 2 fully saturated rings. The van der Waals surface area contributed by atoms with Gasteiger partial charge in [-0.25, -0.2) is 9.97 Å². The Hall–Kier alpha value is -2.96. The van der Waals surface area contributed by atoms with Gasteiger partial charge >= 0.3 is 6.36 Å². The summed E-state index contributed by atoms with van der Waals surface area (Å²) in [7, 11) is 1.70. The molecule has 2 aromatic rings. The molecule has 0 saturated carbocycles. The first-order chi connectivity index (χ1) is 18.7. The third-order valence-corrected chi connectivity index (χ3v) is 7.82. The summed E-state index contributed by atoms with van der Waals surface area (Å²) in [6, 6.07) is 4.98. The van der Waals surface area contributed by atoms with Crippen LogP contribution in [0.2, 0.25) is 0 Å². The number of rotatable bonds is 6. The first kappa shape index (κ1) is 27.6. The van der Waals surface area contributed by atoms with Crippen LogP contribution < -0.4 is 15.0 Å². The molecule has 0 spiro atoms.